The average molecular weight is 246 g/mol. The monoisotopic (exact) mass is 246 g/mol. The molecular formula is C10H10N6S. The van der Waals surface area contributed by atoms with Crippen molar-refractivity contribution in [3.05, 3.63) is 30.1 Å². The Morgan fingerprint density at radius 2 is 2.29 bits per heavy atom. The molecule has 17 heavy (non-hydrogen) atoms. The average Bonchev–Trinajstić information content (AvgIpc) is 2.73. The van der Waals surface area contributed by atoms with Crippen LogP contribution in [0.1, 0.15) is 5.56 Å². The summed E-state index contributed by atoms with van der Waals surface area (Å²) in [4.78, 5) is 16.7. The van der Waals surface area contributed by atoms with E-state index in [-0.39, 0.29) is 5.50 Å². The third-order valence-electron chi connectivity index (χ3n) is 2.59. The van der Waals surface area contributed by atoms with Crippen molar-refractivity contribution in [1.82, 2.24) is 4.98 Å². The molecule has 1 aromatic heterocycles. The molecule has 86 valence electrons. The van der Waals surface area contributed by atoms with Gasteiger partial charge in [0.2, 0.25) is 0 Å². The van der Waals surface area contributed by atoms with E-state index in [0.29, 0.717) is 5.71 Å². The highest BCUT2D eigenvalue weighted by Gasteiger charge is 2.41. The number of aliphatic imine (C=N–C) groups is 3. The van der Waals surface area contributed by atoms with Crippen LogP contribution in [0, 0.1) is 0 Å². The van der Waals surface area contributed by atoms with E-state index >= 15 is 0 Å². The molecule has 7 heteroatoms. The topological polar surface area (TPSA) is 102 Å². The van der Waals surface area contributed by atoms with Gasteiger partial charge in [-0.3, -0.25) is 15.7 Å². The quantitative estimate of drug-likeness (QED) is 0.731. The summed E-state index contributed by atoms with van der Waals surface area (Å²) in [5, 5.41) is 0.735. The van der Waals surface area contributed by atoms with E-state index in [1.165, 1.54) is 18.1 Å². The van der Waals surface area contributed by atoms with Crippen molar-refractivity contribution in [1.29, 1.82) is 0 Å². The molecule has 2 aliphatic heterocycles. The maximum atomic E-state index is 6.31. The van der Waals surface area contributed by atoms with Gasteiger partial charge >= 0.3 is 0 Å². The molecule has 2 aliphatic rings. The van der Waals surface area contributed by atoms with Crippen LogP contribution in [-0.2, 0) is 5.66 Å². The Morgan fingerprint density at radius 3 is 3.06 bits per heavy atom. The molecule has 2 atom stereocenters. The van der Waals surface area contributed by atoms with E-state index in [1.807, 2.05) is 12.1 Å². The van der Waals surface area contributed by atoms with Gasteiger partial charge in [0.25, 0.3) is 0 Å². The second kappa shape index (κ2) is 3.73. The lowest BCUT2D eigenvalue weighted by molar-refractivity contribution is 0.640. The second-order valence-corrected chi connectivity index (χ2v) is 4.78. The minimum Gasteiger partial charge on any atom is -0.301 e. The Hall–Kier alpha value is -1.57. The SMILES string of the molecule is NC1N=C2C(=NC=NC2(N)c2cccnc2)S1. The van der Waals surface area contributed by atoms with Crippen LogP contribution in [0.15, 0.2) is 39.5 Å². The summed E-state index contributed by atoms with van der Waals surface area (Å²) in [5.41, 5.74) is 12.1. The molecule has 4 N–H and O–H groups in total. The fourth-order valence-electron chi connectivity index (χ4n) is 1.76. The van der Waals surface area contributed by atoms with Crippen LogP contribution in [0.2, 0.25) is 0 Å². The zero-order valence-electron chi connectivity index (χ0n) is 8.82. The predicted octanol–water partition coefficient (Wildman–Crippen LogP) is 0.0636. The lowest BCUT2D eigenvalue weighted by Crippen LogP contribution is -2.47. The minimum atomic E-state index is -1.02. The Morgan fingerprint density at radius 1 is 1.41 bits per heavy atom. The van der Waals surface area contributed by atoms with Gasteiger partial charge in [0.1, 0.15) is 17.1 Å². The first-order valence-corrected chi connectivity index (χ1v) is 5.90. The smallest absolute Gasteiger partial charge is 0.182 e. The molecule has 0 aliphatic carbocycles. The van der Waals surface area contributed by atoms with Crippen LogP contribution in [0.25, 0.3) is 0 Å². The van der Waals surface area contributed by atoms with Gasteiger partial charge in [-0.05, 0) is 6.07 Å². The highest BCUT2D eigenvalue weighted by atomic mass is 32.2. The van der Waals surface area contributed by atoms with Crippen molar-refractivity contribution >= 4 is 28.9 Å². The number of aromatic nitrogens is 1. The van der Waals surface area contributed by atoms with E-state index in [9.17, 15) is 0 Å². The normalized spacial score (nSPS) is 30.8. The first-order valence-electron chi connectivity index (χ1n) is 5.02. The Kier molecular flexibility index (Phi) is 2.32. The zero-order valence-corrected chi connectivity index (χ0v) is 9.63. The van der Waals surface area contributed by atoms with Gasteiger partial charge in [0, 0.05) is 18.0 Å². The third kappa shape index (κ3) is 1.59. The summed E-state index contributed by atoms with van der Waals surface area (Å²) in [6, 6.07) is 3.68. The Bertz CT molecular complexity index is 537. The molecular weight excluding hydrogens is 236 g/mol. The first kappa shape index (κ1) is 10.6. The standard InChI is InChI=1S/C10H10N6S/c11-9-16-7-8(17-9)14-5-15-10(7,12)6-2-1-3-13-4-6/h1-5,9H,11-12H2. The largest absolute Gasteiger partial charge is 0.301 e. The lowest BCUT2D eigenvalue weighted by atomic mass is 9.97. The number of hydrogen-bond donors (Lipinski definition) is 2. The highest BCUT2D eigenvalue weighted by Crippen LogP contribution is 2.32. The van der Waals surface area contributed by atoms with Gasteiger partial charge in [-0.2, -0.15) is 0 Å². The molecule has 0 amide bonds. The van der Waals surface area contributed by atoms with Crippen molar-refractivity contribution in [3.8, 4) is 0 Å². The molecule has 0 fully saturated rings. The highest BCUT2D eigenvalue weighted by molar-refractivity contribution is 8.16. The minimum absolute atomic E-state index is 0.356. The van der Waals surface area contributed by atoms with Crippen molar-refractivity contribution in [3.63, 3.8) is 0 Å². The molecule has 0 aromatic carbocycles. The van der Waals surface area contributed by atoms with Gasteiger partial charge in [-0.1, -0.05) is 17.8 Å². The van der Waals surface area contributed by atoms with Crippen LogP contribution in [-0.4, -0.2) is 27.6 Å². The van der Waals surface area contributed by atoms with Gasteiger partial charge in [0.15, 0.2) is 11.2 Å². The molecule has 0 radical (unpaired) electrons. The number of fused-ring (bicyclic) bond motifs is 1. The van der Waals surface area contributed by atoms with Crippen LogP contribution in [0.4, 0.5) is 0 Å². The summed E-state index contributed by atoms with van der Waals surface area (Å²) >= 11 is 1.38. The number of nitrogens with two attached hydrogens (primary N) is 2. The van der Waals surface area contributed by atoms with Gasteiger partial charge in [-0.25, -0.2) is 9.98 Å². The van der Waals surface area contributed by atoms with Crippen molar-refractivity contribution in [2.75, 3.05) is 0 Å². The number of rotatable bonds is 1. The van der Waals surface area contributed by atoms with E-state index < -0.39 is 5.66 Å². The molecule has 2 unspecified atom stereocenters. The second-order valence-electron chi connectivity index (χ2n) is 3.67. The van der Waals surface area contributed by atoms with Crippen molar-refractivity contribution in [2.24, 2.45) is 26.4 Å². The maximum absolute atomic E-state index is 6.31. The molecule has 0 saturated carbocycles. The van der Waals surface area contributed by atoms with Crippen LogP contribution in [0.3, 0.4) is 0 Å². The first-order chi connectivity index (χ1) is 8.20. The molecule has 3 heterocycles. The Balaban J connectivity index is 2.12. The van der Waals surface area contributed by atoms with E-state index in [4.69, 9.17) is 11.5 Å². The van der Waals surface area contributed by atoms with Crippen LogP contribution in [0.5, 0.6) is 0 Å². The molecule has 0 saturated heterocycles. The fourth-order valence-corrected chi connectivity index (χ4v) is 2.58. The summed E-state index contributed by atoms with van der Waals surface area (Å²) in [6.45, 7) is 0. The van der Waals surface area contributed by atoms with Gasteiger partial charge in [0.05, 0.1) is 0 Å². The number of nitrogens with zero attached hydrogens (tertiary/aromatic N) is 4. The summed E-state index contributed by atoms with van der Waals surface area (Å²) in [5.74, 6) is 0. The van der Waals surface area contributed by atoms with Gasteiger partial charge in [-0.15, -0.1) is 0 Å². The van der Waals surface area contributed by atoms with Crippen molar-refractivity contribution in [2.45, 2.75) is 11.2 Å². The fraction of sp³-hybridized carbons (Fsp3) is 0.200. The number of hydrogen-bond acceptors (Lipinski definition) is 7. The summed E-state index contributed by atoms with van der Waals surface area (Å²) < 4.78 is 0. The number of pyridine rings is 1. The Labute approximate surface area is 102 Å². The maximum Gasteiger partial charge on any atom is 0.182 e. The van der Waals surface area contributed by atoms with Crippen LogP contribution < -0.4 is 11.5 Å². The molecule has 0 spiro atoms. The summed E-state index contributed by atoms with van der Waals surface area (Å²) in [6.07, 6.45) is 4.81. The molecule has 6 nitrogen and oxygen atoms in total. The summed E-state index contributed by atoms with van der Waals surface area (Å²) in [7, 11) is 0. The van der Waals surface area contributed by atoms with E-state index in [2.05, 4.69) is 20.0 Å². The molecule has 3 rings (SSSR count). The van der Waals surface area contributed by atoms with E-state index in [0.717, 1.165) is 10.6 Å². The molecule has 0 bridgehead atoms. The van der Waals surface area contributed by atoms with Gasteiger partial charge < -0.3 is 5.73 Å². The predicted molar refractivity (Wildman–Crippen MR) is 69.0 cm³/mol. The third-order valence-corrected chi connectivity index (χ3v) is 3.46. The molecule has 1 aromatic rings. The van der Waals surface area contributed by atoms with Crippen LogP contribution >= 0.6 is 11.8 Å². The lowest BCUT2D eigenvalue weighted by Gasteiger charge is -2.26. The zero-order chi connectivity index (χ0) is 11.9. The van der Waals surface area contributed by atoms with E-state index in [1.54, 1.807) is 12.4 Å². The van der Waals surface area contributed by atoms with Crippen molar-refractivity contribution < 1.29 is 0 Å². The number of thioether (sulfide) groups is 1.